The predicted octanol–water partition coefficient (Wildman–Crippen LogP) is 2.14. The molecule has 1 aromatic heterocycles. The Morgan fingerprint density at radius 3 is 2.93 bits per heavy atom. The van der Waals surface area contributed by atoms with Crippen molar-refractivity contribution < 1.29 is 0 Å². The molecule has 0 amide bonds. The lowest BCUT2D eigenvalue weighted by molar-refractivity contribution is 0.364. The Balaban J connectivity index is 1.80. The third-order valence-electron chi connectivity index (χ3n) is 3.16. The Kier molecular flexibility index (Phi) is 3.00. The van der Waals surface area contributed by atoms with Crippen LogP contribution in [0.25, 0.3) is 0 Å². The van der Waals surface area contributed by atoms with Gasteiger partial charge in [-0.25, -0.2) is 0 Å². The minimum Gasteiger partial charge on any atom is -0.308 e. The van der Waals surface area contributed by atoms with E-state index in [-0.39, 0.29) is 0 Å². The van der Waals surface area contributed by atoms with Gasteiger partial charge in [-0.15, -0.1) is 0 Å². The van der Waals surface area contributed by atoms with Gasteiger partial charge in [0.15, 0.2) is 0 Å². The largest absolute Gasteiger partial charge is 0.308 e. The topological polar surface area (TPSA) is 37.8 Å². The van der Waals surface area contributed by atoms with E-state index in [4.69, 9.17) is 0 Å². The highest BCUT2D eigenvalue weighted by Crippen LogP contribution is 2.36. The van der Waals surface area contributed by atoms with Gasteiger partial charge in [0, 0.05) is 31.2 Å². The normalized spacial score (nSPS) is 24.3. The zero-order valence-corrected chi connectivity index (χ0v) is 9.53. The first-order valence-corrected chi connectivity index (χ1v) is 5.64. The van der Waals surface area contributed by atoms with E-state index in [0.29, 0.717) is 11.5 Å². The molecule has 3 heteroatoms. The average Bonchev–Trinajstić information content (AvgIpc) is 2.57. The van der Waals surface area contributed by atoms with E-state index in [2.05, 4.69) is 29.1 Å². The fraction of sp³-hybridized carbons (Fsp3) is 0.667. The van der Waals surface area contributed by atoms with Gasteiger partial charge >= 0.3 is 0 Å². The maximum Gasteiger partial charge on any atom is 0.0724 e. The second-order valence-corrected chi connectivity index (χ2v) is 5.18. The van der Waals surface area contributed by atoms with E-state index in [1.165, 1.54) is 19.3 Å². The van der Waals surface area contributed by atoms with Crippen LogP contribution in [-0.2, 0) is 6.54 Å². The second kappa shape index (κ2) is 4.27. The molecule has 3 nitrogen and oxygen atoms in total. The van der Waals surface area contributed by atoms with Crippen molar-refractivity contribution in [1.29, 1.82) is 0 Å². The molecular weight excluding hydrogens is 186 g/mol. The summed E-state index contributed by atoms with van der Waals surface area (Å²) in [5, 5.41) is 3.55. The monoisotopic (exact) mass is 205 g/mol. The number of hydrogen-bond acceptors (Lipinski definition) is 3. The molecule has 1 saturated carbocycles. The molecule has 1 heterocycles. The standard InChI is InChI=1S/C12H19N3/c1-12(2)4-3-10(7-12)15-9-11-8-13-5-6-14-11/h5-6,8,10,15H,3-4,7,9H2,1-2H3. The summed E-state index contributed by atoms with van der Waals surface area (Å²) >= 11 is 0. The van der Waals surface area contributed by atoms with E-state index in [1.54, 1.807) is 12.4 Å². The molecule has 1 N–H and O–H groups in total. The van der Waals surface area contributed by atoms with Gasteiger partial charge in [0.2, 0.25) is 0 Å². The molecule has 1 unspecified atom stereocenters. The Bertz CT molecular complexity index is 308. The minimum absolute atomic E-state index is 0.514. The number of hydrogen-bond donors (Lipinski definition) is 1. The van der Waals surface area contributed by atoms with Crippen LogP contribution < -0.4 is 5.32 Å². The zero-order valence-electron chi connectivity index (χ0n) is 9.53. The summed E-state index contributed by atoms with van der Waals surface area (Å²) in [6.07, 6.45) is 9.16. The van der Waals surface area contributed by atoms with Gasteiger partial charge in [0.05, 0.1) is 5.69 Å². The van der Waals surface area contributed by atoms with Crippen molar-refractivity contribution >= 4 is 0 Å². The number of nitrogens with one attached hydrogen (secondary N) is 1. The van der Waals surface area contributed by atoms with Crippen molar-refractivity contribution in [2.45, 2.75) is 45.7 Å². The highest BCUT2D eigenvalue weighted by atomic mass is 14.9. The van der Waals surface area contributed by atoms with Crippen molar-refractivity contribution in [3.05, 3.63) is 24.3 Å². The third kappa shape index (κ3) is 2.99. The van der Waals surface area contributed by atoms with Gasteiger partial charge < -0.3 is 5.32 Å². The van der Waals surface area contributed by atoms with Crippen LogP contribution in [0, 0.1) is 5.41 Å². The van der Waals surface area contributed by atoms with Crippen LogP contribution in [0.2, 0.25) is 0 Å². The first-order chi connectivity index (χ1) is 7.16. The summed E-state index contributed by atoms with van der Waals surface area (Å²) in [6.45, 7) is 5.53. The molecule has 0 spiro atoms. The summed E-state index contributed by atoms with van der Waals surface area (Å²) in [6, 6.07) is 0.655. The van der Waals surface area contributed by atoms with Gasteiger partial charge in [0.1, 0.15) is 0 Å². The smallest absolute Gasteiger partial charge is 0.0724 e. The van der Waals surface area contributed by atoms with Crippen molar-refractivity contribution in [3.63, 3.8) is 0 Å². The quantitative estimate of drug-likeness (QED) is 0.821. The molecule has 0 saturated heterocycles. The fourth-order valence-electron chi connectivity index (χ4n) is 2.28. The molecule has 1 aliphatic carbocycles. The second-order valence-electron chi connectivity index (χ2n) is 5.18. The fourth-order valence-corrected chi connectivity index (χ4v) is 2.28. The summed E-state index contributed by atoms with van der Waals surface area (Å²) in [5.74, 6) is 0. The molecule has 1 fully saturated rings. The first-order valence-electron chi connectivity index (χ1n) is 5.64. The van der Waals surface area contributed by atoms with Crippen LogP contribution >= 0.6 is 0 Å². The Morgan fingerprint density at radius 2 is 2.33 bits per heavy atom. The lowest BCUT2D eigenvalue weighted by Gasteiger charge is -2.17. The Hall–Kier alpha value is -0.960. The minimum atomic E-state index is 0.514. The van der Waals surface area contributed by atoms with Crippen LogP contribution in [0.4, 0.5) is 0 Å². The van der Waals surface area contributed by atoms with Gasteiger partial charge in [-0.2, -0.15) is 0 Å². The van der Waals surface area contributed by atoms with Gasteiger partial charge in [0.25, 0.3) is 0 Å². The molecule has 2 rings (SSSR count). The molecule has 0 aromatic carbocycles. The summed E-state index contributed by atoms with van der Waals surface area (Å²) in [4.78, 5) is 8.31. The highest BCUT2D eigenvalue weighted by molar-refractivity contribution is 4.95. The average molecular weight is 205 g/mol. The van der Waals surface area contributed by atoms with E-state index in [1.807, 2.05) is 6.20 Å². The van der Waals surface area contributed by atoms with Crippen molar-refractivity contribution in [1.82, 2.24) is 15.3 Å². The highest BCUT2D eigenvalue weighted by Gasteiger charge is 2.30. The van der Waals surface area contributed by atoms with Crippen molar-refractivity contribution in [2.24, 2.45) is 5.41 Å². The summed E-state index contributed by atoms with van der Waals surface area (Å²) < 4.78 is 0. The van der Waals surface area contributed by atoms with Crippen LogP contribution in [0.15, 0.2) is 18.6 Å². The van der Waals surface area contributed by atoms with E-state index >= 15 is 0 Å². The van der Waals surface area contributed by atoms with Crippen LogP contribution in [0.5, 0.6) is 0 Å². The molecule has 1 atom stereocenters. The molecular formula is C12H19N3. The zero-order chi connectivity index (χ0) is 10.7. The van der Waals surface area contributed by atoms with E-state index < -0.39 is 0 Å². The van der Waals surface area contributed by atoms with Gasteiger partial charge in [-0.3, -0.25) is 9.97 Å². The summed E-state index contributed by atoms with van der Waals surface area (Å²) in [5.41, 5.74) is 1.54. The van der Waals surface area contributed by atoms with Crippen molar-refractivity contribution in [3.8, 4) is 0 Å². The van der Waals surface area contributed by atoms with Crippen LogP contribution in [0.1, 0.15) is 38.8 Å². The predicted molar refractivity (Wildman–Crippen MR) is 60.3 cm³/mol. The van der Waals surface area contributed by atoms with E-state index in [9.17, 15) is 0 Å². The Labute approximate surface area is 91.3 Å². The lowest BCUT2D eigenvalue weighted by Crippen LogP contribution is -2.27. The molecule has 1 aromatic rings. The molecule has 15 heavy (non-hydrogen) atoms. The van der Waals surface area contributed by atoms with E-state index in [0.717, 1.165) is 12.2 Å². The molecule has 1 aliphatic rings. The molecule has 0 aliphatic heterocycles. The number of aromatic nitrogens is 2. The van der Waals surface area contributed by atoms with Crippen LogP contribution in [0.3, 0.4) is 0 Å². The van der Waals surface area contributed by atoms with Crippen LogP contribution in [-0.4, -0.2) is 16.0 Å². The lowest BCUT2D eigenvalue weighted by atomic mass is 9.92. The maximum absolute atomic E-state index is 4.25. The molecule has 0 bridgehead atoms. The number of rotatable bonds is 3. The van der Waals surface area contributed by atoms with Gasteiger partial charge in [-0.05, 0) is 24.7 Å². The molecule has 0 radical (unpaired) electrons. The molecule has 82 valence electrons. The third-order valence-corrected chi connectivity index (χ3v) is 3.16. The van der Waals surface area contributed by atoms with Crippen molar-refractivity contribution in [2.75, 3.05) is 0 Å². The summed E-state index contributed by atoms with van der Waals surface area (Å²) in [7, 11) is 0. The SMILES string of the molecule is CC1(C)CCC(NCc2cnccn2)C1. The Morgan fingerprint density at radius 1 is 1.47 bits per heavy atom. The van der Waals surface area contributed by atoms with Gasteiger partial charge in [-0.1, -0.05) is 13.8 Å². The first kappa shape index (κ1) is 10.6. The maximum atomic E-state index is 4.25. The number of nitrogens with zero attached hydrogens (tertiary/aromatic N) is 2.